The van der Waals surface area contributed by atoms with E-state index in [0.717, 1.165) is 11.3 Å². The van der Waals surface area contributed by atoms with Crippen molar-refractivity contribution < 1.29 is 4.74 Å². The summed E-state index contributed by atoms with van der Waals surface area (Å²) < 4.78 is 6.96. The van der Waals surface area contributed by atoms with E-state index in [9.17, 15) is 4.79 Å². The van der Waals surface area contributed by atoms with E-state index in [-0.39, 0.29) is 5.56 Å². The number of nitrogens with one attached hydrogen (secondary N) is 1. The Labute approximate surface area is 143 Å². The van der Waals surface area contributed by atoms with Gasteiger partial charge < -0.3 is 9.72 Å². The second kappa shape index (κ2) is 6.24. The number of aromatic nitrogens is 4. The van der Waals surface area contributed by atoms with Crippen molar-refractivity contribution >= 4 is 10.9 Å². The maximum Gasteiger partial charge on any atom is 0.258 e. The number of H-pyrrole nitrogens is 1. The molecule has 1 N–H and O–H groups in total. The van der Waals surface area contributed by atoms with Crippen molar-refractivity contribution in [3.63, 3.8) is 0 Å². The zero-order valence-corrected chi connectivity index (χ0v) is 13.6. The molecular weight excluding hydrogens is 316 g/mol. The normalized spacial score (nSPS) is 10.9. The lowest BCUT2D eigenvalue weighted by Gasteiger charge is -2.04. The largest absolute Gasteiger partial charge is 0.497 e. The highest BCUT2D eigenvalue weighted by atomic mass is 16.5. The number of benzene rings is 2. The van der Waals surface area contributed by atoms with Gasteiger partial charge in [-0.15, -0.1) is 0 Å². The van der Waals surface area contributed by atoms with Crippen molar-refractivity contribution in [1.82, 2.24) is 19.7 Å². The smallest absolute Gasteiger partial charge is 0.258 e. The van der Waals surface area contributed by atoms with Crippen molar-refractivity contribution in [1.29, 1.82) is 0 Å². The Balaban J connectivity index is 1.65. The molecule has 0 radical (unpaired) electrons. The molecule has 25 heavy (non-hydrogen) atoms. The quantitative estimate of drug-likeness (QED) is 0.624. The van der Waals surface area contributed by atoms with Crippen LogP contribution in [0.25, 0.3) is 16.6 Å². The number of para-hydroxylation sites is 1. The number of hydrogen-bond acceptors (Lipinski definition) is 4. The number of fused-ring (bicyclic) bond motifs is 1. The molecule has 124 valence electrons. The van der Waals surface area contributed by atoms with Crippen molar-refractivity contribution in [3.05, 3.63) is 82.7 Å². The summed E-state index contributed by atoms with van der Waals surface area (Å²) >= 11 is 0. The first kappa shape index (κ1) is 15.1. The average molecular weight is 332 g/mol. The molecule has 2 heterocycles. The van der Waals surface area contributed by atoms with Crippen molar-refractivity contribution in [3.8, 4) is 11.4 Å². The fourth-order valence-electron chi connectivity index (χ4n) is 2.74. The number of methoxy groups -OCH3 is 1. The topological polar surface area (TPSA) is 72.8 Å². The Morgan fingerprint density at radius 3 is 2.80 bits per heavy atom. The molecule has 0 aliphatic carbocycles. The Bertz CT molecular complexity index is 1080. The van der Waals surface area contributed by atoms with Gasteiger partial charge in [-0.3, -0.25) is 4.79 Å². The summed E-state index contributed by atoms with van der Waals surface area (Å²) in [5.74, 6) is 1.24. The SMILES string of the molecule is COc1ccc2nc(Cc3cnn(-c4ccccc4)c3)[nH]c(=O)c2c1. The van der Waals surface area contributed by atoms with Gasteiger partial charge in [0.05, 0.1) is 29.9 Å². The molecule has 0 fully saturated rings. The monoisotopic (exact) mass is 332 g/mol. The number of ether oxygens (including phenoxy) is 1. The maximum absolute atomic E-state index is 12.3. The van der Waals surface area contributed by atoms with E-state index in [1.165, 1.54) is 0 Å². The molecule has 6 heteroatoms. The Morgan fingerprint density at radius 1 is 1.16 bits per heavy atom. The third kappa shape index (κ3) is 3.01. The Morgan fingerprint density at radius 2 is 2.00 bits per heavy atom. The molecule has 0 aliphatic rings. The third-order valence-corrected chi connectivity index (χ3v) is 3.99. The summed E-state index contributed by atoms with van der Waals surface area (Å²) in [7, 11) is 1.57. The van der Waals surface area contributed by atoms with Crippen LogP contribution in [0.15, 0.2) is 65.7 Å². The van der Waals surface area contributed by atoms with E-state index in [1.54, 1.807) is 36.2 Å². The molecule has 4 aromatic rings. The van der Waals surface area contributed by atoms with Crippen molar-refractivity contribution in [2.75, 3.05) is 7.11 Å². The highest BCUT2D eigenvalue weighted by molar-refractivity contribution is 5.79. The van der Waals surface area contributed by atoms with Crippen LogP contribution < -0.4 is 10.3 Å². The zero-order valence-electron chi connectivity index (χ0n) is 13.6. The van der Waals surface area contributed by atoms with Crippen LogP contribution in [0.4, 0.5) is 0 Å². The minimum absolute atomic E-state index is 0.172. The van der Waals surface area contributed by atoms with E-state index >= 15 is 0 Å². The van der Waals surface area contributed by atoms with E-state index in [0.29, 0.717) is 28.9 Å². The average Bonchev–Trinajstić information content (AvgIpc) is 3.11. The van der Waals surface area contributed by atoms with Gasteiger partial charge >= 0.3 is 0 Å². The number of aromatic amines is 1. The molecule has 2 aromatic heterocycles. The lowest BCUT2D eigenvalue weighted by atomic mass is 10.2. The number of rotatable bonds is 4. The van der Waals surface area contributed by atoms with Crippen LogP contribution in [0.1, 0.15) is 11.4 Å². The zero-order chi connectivity index (χ0) is 17.2. The third-order valence-electron chi connectivity index (χ3n) is 3.99. The Kier molecular flexibility index (Phi) is 3.78. The number of hydrogen-bond donors (Lipinski definition) is 1. The van der Waals surface area contributed by atoms with Crippen molar-refractivity contribution in [2.24, 2.45) is 0 Å². The molecule has 2 aromatic carbocycles. The van der Waals surface area contributed by atoms with Crippen molar-refractivity contribution in [2.45, 2.75) is 6.42 Å². The molecule has 0 aliphatic heterocycles. The number of nitrogens with zero attached hydrogens (tertiary/aromatic N) is 3. The van der Waals surface area contributed by atoms with E-state index < -0.39 is 0 Å². The second-order valence-corrected chi connectivity index (χ2v) is 5.70. The van der Waals surface area contributed by atoms with E-state index in [2.05, 4.69) is 15.1 Å². The fourth-order valence-corrected chi connectivity index (χ4v) is 2.74. The van der Waals surface area contributed by atoms with E-state index in [1.807, 2.05) is 36.5 Å². The minimum Gasteiger partial charge on any atom is -0.497 e. The summed E-state index contributed by atoms with van der Waals surface area (Å²) in [6.07, 6.45) is 4.23. The van der Waals surface area contributed by atoms with Gasteiger partial charge in [-0.2, -0.15) is 5.10 Å². The predicted molar refractivity (Wildman–Crippen MR) is 95.3 cm³/mol. The molecule has 0 spiro atoms. The summed E-state index contributed by atoms with van der Waals surface area (Å²) in [5.41, 5.74) is 2.44. The van der Waals surface area contributed by atoms with Gasteiger partial charge in [-0.1, -0.05) is 18.2 Å². The van der Waals surface area contributed by atoms with Gasteiger partial charge in [-0.05, 0) is 35.9 Å². The van der Waals surface area contributed by atoms with Crippen LogP contribution >= 0.6 is 0 Å². The van der Waals surface area contributed by atoms with Crippen LogP contribution in [0.3, 0.4) is 0 Å². The van der Waals surface area contributed by atoms with Gasteiger partial charge in [-0.25, -0.2) is 9.67 Å². The summed E-state index contributed by atoms with van der Waals surface area (Å²) in [6.45, 7) is 0. The standard InChI is InChI=1S/C19H16N4O2/c1-25-15-7-8-17-16(10-15)19(24)22-18(21-17)9-13-11-20-23(12-13)14-5-3-2-4-6-14/h2-8,10-12H,9H2,1H3,(H,21,22,24). The Hall–Kier alpha value is -3.41. The lowest BCUT2D eigenvalue weighted by Crippen LogP contribution is -2.12. The molecule has 6 nitrogen and oxygen atoms in total. The summed E-state index contributed by atoms with van der Waals surface area (Å²) in [4.78, 5) is 19.7. The van der Waals surface area contributed by atoms with Gasteiger partial charge in [0.2, 0.25) is 0 Å². The van der Waals surface area contributed by atoms with Crippen LogP contribution in [0.2, 0.25) is 0 Å². The van der Waals surface area contributed by atoms with Gasteiger partial charge in [0.15, 0.2) is 0 Å². The fraction of sp³-hybridized carbons (Fsp3) is 0.105. The van der Waals surface area contributed by atoms with Crippen LogP contribution in [-0.2, 0) is 6.42 Å². The molecule has 4 rings (SSSR count). The van der Waals surface area contributed by atoms with Crippen LogP contribution in [0, 0.1) is 0 Å². The molecule has 0 bridgehead atoms. The molecule has 0 unspecified atom stereocenters. The molecule has 0 saturated carbocycles. The van der Waals surface area contributed by atoms with Crippen LogP contribution in [0.5, 0.6) is 5.75 Å². The summed E-state index contributed by atoms with van der Waals surface area (Å²) in [5, 5.41) is 4.89. The van der Waals surface area contributed by atoms with Gasteiger partial charge in [0.1, 0.15) is 11.6 Å². The first-order valence-electron chi connectivity index (χ1n) is 7.89. The first-order chi connectivity index (χ1) is 12.2. The maximum atomic E-state index is 12.3. The first-order valence-corrected chi connectivity index (χ1v) is 7.89. The molecule has 0 saturated heterocycles. The molecule has 0 amide bonds. The second-order valence-electron chi connectivity index (χ2n) is 5.70. The molecule has 0 atom stereocenters. The highest BCUT2D eigenvalue weighted by Crippen LogP contribution is 2.17. The predicted octanol–water partition coefficient (Wildman–Crippen LogP) is 2.71. The van der Waals surface area contributed by atoms with E-state index in [4.69, 9.17) is 4.74 Å². The minimum atomic E-state index is -0.172. The van der Waals surface area contributed by atoms with Gasteiger partial charge in [0, 0.05) is 12.6 Å². The molecular formula is C19H16N4O2. The summed E-state index contributed by atoms with van der Waals surface area (Å²) in [6, 6.07) is 15.2. The lowest BCUT2D eigenvalue weighted by molar-refractivity contribution is 0.415. The highest BCUT2D eigenvalue weighted by Gasteiger charge is 2.08. The van der Waals surface area contributed by atoms with Gasteiger partial charge in [0.25, 0.3) is 5.56 Å². The van der Waals surface area contributed by atoms with Crippen LogP contribution in [-0.4, -0.2) is 26.9 Å².